The highest BCUT2D eigenvalue weighted by molar-refractivity contribution is 9.10. The summed E-state index contributed by atoms with van der Waals surface area (Å²) in [5.41, 5.74) is 2.95. The Bertz CT molecular complexity index is 560. The van der Waals surface area contributed by atoms with Gasteiger partial charge in [0.2, 0.25) is 0 Å². The lowest BCUT2D eigenvalue weighted by Gasteiger charge is -2.13. The van der Waals surface area contributed by atoms with Crippen molar-refractivity contribution in [1.82, 2.24) is 0 Å². The summed E-state index contributed by atoms with van der Waals surface area (Å²) in [6.45, 7) is 1.10. The zero-order chi connectivity index (χ0) is 13.7. The standard InChI is InChI=1S/C15H15BrFNO/c1-19-10-13-14(16)6-3-7-15(13)18-9-11-4-2-5-12(17)8-11/h2-8,18H,9-10H2,1H3. The van der Waals surface area contributed by atoms with Crippen molar-refractivity contribution >= 4 is 21.6 Å². The van der Waals surface area contributed by atoms with Gasteiger partial charge in [-0.2, -0.15) is 0 Å². The third-order valence-corrected chi connectivity index (χ3v) is 3.52. The van der Waals surface area contributed by atoms with Gasteiger partial charge in [0.25, 0.3) is 0 Å². The number of anilines is 1. The second-order valence-electron chi connectivity index (χ2n) is 4.18. The summed E-state index contributed by atoms with van der Waals surface area (Å²) < 4.78 is 19.3. The van der Waals surface area contributed by atoms with Crippen molar-refractivity contribution in [3.8, 4) is 0 Å². The van der Waals surface area contributed by atoms with Crippen molar-refractivity contribution < 1.29 is 9.13 Å². The van der Waals surface area contributed by atoms with Gasteiger partial charge in [-0.25, -0.2) is 4.39 Å². The molecule has 0 atom stereocenters. The number of benzene rings is 2. The molecule has 0 fully saturated rings. The molecule has 0 saturated heterocycles. The Kier molecular flexibility index (Phi) is 4.93. The predicted octanol–water partition coefficient (Wildman–Crippen LogP) is 4.35. The second kappa shape index (κ2) is 6.68. The third kappa shape index (κ3) is 3.78. The van der Waals surface area contributed by atoms with Crippen LogP contribution in [0.5, 0.6) is 0 Å². The Labute approximate surface area is 120 Å². The number of halogens is 2. The third-order valence-electron chi connectivity index (χ3n) is 2.78. The first-order valence-corrected chi connectivity index (χ1v) is 6.74. The van der Waals surface area contributed by atoms with Gasteiger partial charge in [-0.1, -0.05) is 34.1 Å². The number of ether oxygens (including phenoxy) is 1. The van der Waals surface area contributed by atoms with Crippen LogP contribution in [0.3, 0.4) is 0 Å². The molecular formula is C15H15BrFNO. The van der Waals surface area contributed by atoms with Gasteiger partial charge in [-0.15, -0.1) is 0 Å². The van der Waals surface area contributed by atoms with Crippen LogP contribution >= 0.6 is 15.9 Å². The van der Waals surface area contributed by atoms with E-state index in [0.29, 0.717) is 13.2 Å². The zero-order valence-corrected chi connectivity index (χ0v) is 12.2. The van der Waals surface area contributed by atoms with Crippen molar-refractivity contribution in [3.05, 3.63) is 63.9 Å². The Morgan fingerprint density at radius 3 is 2.74 bits per heavy atom. The fraction of sp³-hybridized carbons (Fsp3) is 0.200. The van der Waals surface area contributed by atoms with E-state index < -0.39 is 0 Å². The molecule has 1 N–H and O–H groups in total. The number of nitrogens with one attached hydrogen (secondary N) is 1. The van der Waals surface area contributed by atoms with Crippen LogP contribution in [-0.4, -0.2) is 7.11 Å². The van der Waals surface area contributed by atoms with Crippen molar-refractivity contribution in [2.45, 2.75) is 13.2 Å². The molecule has 100 valence electrons. The molecular weight excluding hydrogens is 309 g/mol. The minimum Gasteiger partial charge on any atom is -0.381 e. The van der Waals surface area contributed by atoms with Gasteiger partial charge in [-0.05, 0) is 29.8 Å². The van der Waals surface area contributed by atoms with Crippen molar-refractivity contribution in [1.29, 1.82) is 0 Å². The lowest BCUT2D eigenvalue weighted by Crippen LogP contribution is -2.04. The van der Waals surface area contributed by atoms with E-state index in [4.69, 9.17) is 4.74 Å². The molecule has 19 heavy (non-hydrogen) atoms. The van der Waals surface area contributed by atoms with Gasteiger partial charge in [0.15, 0.2) is 0 Å². The highest BCUT2D eigenvalue weighted by Gasteiger charge is 2.06. The fourth-order valence-corrected chi connectivity index (χ4v) is 2.34. The monoisotopic (exact) mass is 323 g/mol. The van der Waals surface area contributed by atoms with Crippen molar-refractivity contribution in [2.75, 3.05) is 12.4 Å². The molecule has 0 bridgehead atoms. The molecule has 0 aliphatic carbocycles. The minimum absolute atomic E-state index is 0.217. The molecule has 0 aromatic heterocycles. The largest absolute Gasteiger partial charge is 0.381 e. The van der Waals surface area contributed by atoms with Crippen LogP contribution in [0.1, 0.15) is 11.1 Å². The van der Waals surface area contributed by atoms with Gasteiger partial charge in [0.1, 0.15) is 5.82 Å². The molecule has 0 aliphatic heterocycles. The van der Waals surface area contributed by atoms with Crippen LogP contribution < -0.4 is 5.32 Å². The number of rotatable bonds is 5. The summed E-state index contributed by atoms with van der Waals surface area (Å²) in [6, 6.07) is 12.5. The summed E-state index contributed by atoms with van der Waals surface area (Å²) in [6.07, 6.45) is 0. The SMILES string of the molecule is COCc1c(Br)cccc1NCc1cccc(F)c1. The van der Waals surface area contributed by atoms with E-state index in [0.717, 1.165) is 21.3 Å². The maximum absolute atomic E-state index is 13.1. The first-order chi connectivity index (χ1) is 9.20. The molecule has 2 aromatic rings. The van der Waals surface area contributed by atoms with Crippen molar-refractivity contribution in [2.24, 2.45) is 0 Å². The van der Waals surface area contributed by atoms with Crippen LogP contribution in [0.15, 0.2) is 46.9 Å². The van der Waals surface area contributed by atoms with Crippen LogP contribution in [0.2, 0.25) is 0 Å². The van der Waals surface area contributed by atoms with Crippen LogP contribution in [0.4, 0.5) is 10.1 Å². The molecule has 2 rings (SSSR count). The number of hydrogen-bond acceptors (Lipinski definition) is 2. The first kappa shape index (κ1) is 14.0. The Morgan fingerprint density at radius 1 is 1.21 bits per heavy atom. The van der Waals surface area contributed by atoms with E-state index in [-0.39, 0.29) is 5.82 Å². The summed E-state index contributed by atoms with van der Waals surface area (Å²) in [7, 11) is 1.66. The molecule has 0 amide bonds. The molecule has 0 saturated carbocycles. The molecule has 0 aliphatic rings. The number of methoxy groups -OCH3 is 1. The minimum atomic E-state index is -0.217. The maximum Gasteiger partial charge on any atom is 0.123 e. The normalized spacial score (nSPS) is 10.5. The molecule has 0 spiro atoms. The Morgan fingerprint density at radius 2 is 2.00 bits per heavy atom. The molecule has 0 radical (unpaired) electrons. The Hall–Kier alpha value is -1.39. The second-order valence-corrected chi connectivity index (χ2v) is 5.04. The van der Waals surface area contributed by atoms with Gasteiger partial charge >= 0.3 is 0 Å². The number of hydrogen-bond donors (Lipinski definition) is 1. The molecule has 2 nitrogen and oxygen atoms in total. The fourth-order valence-electron chi connectivity index (χ4n) is 1.86. The van der Waals surface area contributed by atoms with E-state index in [9.17, 15) is 4.39 Å². The predicted molar refractivity (Wildman–Crippen MR) is 78.6 cm³/mol. The van der Waals surface area contributed by atoms with E-state index in [1.54, 1.807) is 13.2 Å². The lowest BCUT2D eigenvalue weighted by molar-refractivity contribution is 0.185. The quantitative estimate of drug-likeness (QED) is 0.883. The topological polar surface area (TPSA) is 21.3 Å². The van der Waals surface area contributed by atoms with Gasteiger partial charge in [0, 0.05) is 29.4 Å². The Balaban J connectivity index is 2.13. The lowest BCUT2D eigenvalue weighted by atomic mass is 10.1. The molecule has 0 unspecified atom stereocenters. The van der Waals surface area contributed by atoms with Crippen LogP contribution in [-0.2, 0) is 17.9 Å². The summed E-state index contributed by atoms with van der Waals surface area (Å²) in [5, 5.41) is 3.31. The summed E-state index contributed by atoms with van der Waals surface area (Å²) in [4.78, 5) is 0. The van der Waals surface area contributed by atoms with E-state index in [1.807, 2.05) is 24.3 Å². The smallest absolute Gasteiger partial charge is 0.123 e. The highest BCUT2D eigenvalue weighted by atomic mass is 79.9. The summed E-state index contributed by atoms with van der Waals surface area (Å²) >= 11 is 3.51. The molecule has 2 aromatic carbocycles. The molecule has 0 heterocycles. The molecule has 4 heteroatoms. The highest BCUT2D eigenvalue weighted by Crippen LogP contribution is 2.26. The van der Waals surface area contributed by atoms with Crippen molar-refractivity contribution in [3.63, 3.8) is 0 Å². The zero-order valence-electron chi connectivity index (χ0n) is 10.6. The van der Waals surface area contributed by atoms with Gasteiger partial charge in [0.05, 0.1) is 6.61 Å². The average molecular weight is 324 g/mol. The maximum atomic E-state index is 13.1. The van der Waals surface area contributed by atoms with E-state index in [1.165, 1.54) is 12.1 Å². The van der Waals surface area contributed by atoms with Crippen LogP contribution in [0, 0.1) is 5.82 Å². The van der Waals surface area contributed by atoms with Crippen LogP contribution in [0.25, 0.3) is 0 Å². The van der Waals surface area contributed by atoms with E-state index >= 15 is 0 Å². The van der Waals surface area contributed by atoms with E-state index in [2.05, 4.69) is 21.2 Å². The average Bonchev–Trinajstić information content (AvgIpc) is 2.40. The summed E-state index contributed by atoms with van der Waals surface area (Å²) in [5.74, 6) is -0.217. The first-order valence-electron chi connectivity index (χ1n) is 5.95. The van der Waals surface area contributed by atoms with Gasteiger partial charge in [-0.3, -0.25) is 0 Å². The van der Waals surface area contributed by atoms with Gasteiger partial charge < -0.3 is 10.1 Å².